The first-order chi connectivity index (χ1) is 13.4. The number of hydrogen-bond acceptors (Lipinski definition) is 6. The fourth-order valence-corrected chi connectivity index (χ4v) is 3.71. The van der Waals surface area contributed by atoms with Crippen LogP contribution < -0.4 is 10.6 Å². The summed E-state index contributed by atoms with van der Waals surface area (Å²) < 4.78 is 5.53. The summed E-state index contributed by atoms with van der Waals surface area (Å²) in [6.45, 7) is 4.19. The fraction of sp³-hybridized carbons (Fsp3) is 0.200. The molecule has 1 aromatic heterocycles. The largest absolute Gasteiger partial charge is 0.465 e. The number of methoxy groups -OCH3 is 1. The van der Waals surface area contributed by atoms with E-state index in [9.17, 15) is 9.59 Å². The van der Waals surface area contributed by atoms with Crippen molar-refractivity contribution in [3.63, 3.8) is 0 Å². The van der Waals surface area contributed by atoms with E-state index in [0.29, 0.717) is 22.2 Å². The Kier molecular flexibility index (Phi) is 6.01. The maximum atomic E-state index is 12.3. The molecule has 0 bridgehead atoms. The summed E-state index contributed by atoms with van der Waals surface area (Å²) in [6.07, 6.45) is 0. The van der Waals surface area contributed by atoms with Crippen LogP contribution in [0.2, 0.25) is 0 Å². The van der Waals surface area contributed by atoms with Gasteiger partial charge in [0.25, 0.3) is 5.91 Å². The molecule has 0 fully saturated rings. The Labute approximate surface area is 171 Å². The third kappa shape index (κ3) is 4.52. The number of fused-ring (bicyclic) bond motifs is 1. The molecule has 0 radical (unpaired) electrons. The van der Waals surface area contributed by atoms with Crippen LogP contribution in [-0.4, -0.2) is 29.1 Å². The number of nitrogens with zero attached hydrogens (tertiary/aromatic N) is 1. The molecule has 8 heteroatoms. The summed E-state index contributed by atoms with van der Waals surface area (Å²) in [5.41, 5.74) is 2.86. The first-order valence-electron chi connectivity index (χ1n) is 8.58. The van der Waals surface area contributed by atoms with Crippen LogP contribution in [0.5, 0.6) is 0 Å². The number of thiazole rings is 1. The third-order valence-electron chi connectivity index (χ3n) is 4.10. The second-order valence-electron chi connectivity index (χ2n) is 6.38. The molecule has 1 heterocycles. The number of esters is 1. The topological polar surface area (TPSA) is 80.3 Å². The molecule has 2 N–H and O–H groups in total. The lowest BCUT2D eigenvalue weighted by Gasteiger charge is -2.09. The number of amides is 1. The van der Waals surface area contributed by atoms with Crippen molar-refractivity contribution < 1.29 is 14.3 Å². The summed E-state index contributed by atoms with van der Waals surface area (Å²) >= 11 is 6.55. The van der Waals surface area contributed by atoms with Crippen LogP contribution in [0.3, 0.4) is 0 Å². The van der Waals surface area contributed by atoms with Crippen LogP contribution in [0.15, 0.2) is 42.5 Å². The van der Waals surface area contributed by atoms with Gasteiger partial charge in [-0.2, -0.15) is 0 Å². The highest BCUT2D eigenvalue weighted by Crippen LogP contribution is 2.27. The van der Waals surface area contributed by atoms with Crippen molar-refractivity contribution in [2.45, 2.75) is 19.8 Å². The van der Waals surface area contributed by atoms with E-state index in [2.05, 4.69) is 29.5 Å². The van der Waals surface area contributed by atoms with E-state index in [1.807, 2.05) is 12.1 Å². The van der Waals surface area contributed by atoms with Gasteiger partial charge in [0.05, 0.1) is 22.9 Å². The molecule has 2 aromatic carbocycles. The highest BCUT2D eigenvalue weighted by atomic mass is 32.1. The minimum atomic E-state index is -0.406. The number of aromatic nitrogens is 1. The molecule has 3 rings (SSSR count). The number of carbonyl (C=O) groups is 2. The lowest BCUT2D eigenvalue weighted by Crippen LogP contribution is -2.34. The third-order valence-corrected chi connectivity index (χ3v) is 5.23. The maximum absolute atomic E-state index is 12.3. The van der Waals surface area contributed by atoms with Crippen molar-refractivity contribution in [1.29, 1.82) is 0 Å². The van der Waals surface area contributed by atoms with Crippen LogP contribution in [0.25, 0.3) is 10.2 Å². The van der Waals surface area contributed by atoms with E-state index in [-0.39, 0.29) is 11.0 Å². The van der Waals surface area contributed by atoms with E-state index in [1.54, 1.807) is 30.3 Å². The number of benzene rings is 2. The predicted octanol–water partition coefficient (Wildman–Crippen LogP) is 4.33. The van der Waals surface area contributed by atoms with Gasteiger partial charge in [-0.3, -0.25) is 10.1 Å². The van der Waals surface area contributed by atoms with Crippen LogP contribution >= 0.6 is 23.6 Å². The Hall–Kier alpha value is -2.84. The molecule has 1 amide bonds. The zero-order valence-corrected chi connectivity index (χ0v) is 17.2. The van der Waals surface area contributed by atoms with Gasteiger partial charge in [-0.25, -0.2) is 9.78 Å². The highest BCUT2D eigenvalue weighted by Gasteiger charge is 2.12. The van der Waals surface area contributed by atoms with Crippen LogP contribution in [-0.2, 0) is 4.74 Å². The standard InChI is InChI=1S/C20H19N3O3S2/c1-11(2)12-4-6-13(7-5-12)17(24)22-19(27)23-20-21-15-9-8-14(18(25)26-3)10-16(15)28-20/h4-11H,1-3H3,(H2,21,22,23,24,27). The molecule has 0 saturated carbocycles. The monoisotopic (exact) mass is 413 g/mol. The summed E-state index contributed by atoms with van der Waals surface area (Å²) in [7, 11) is 1.34. The van der Waals surface area contributed by atoms with E-state index in [1.165, 1.54) is 18.4 Å². The molecular formula is C20H19N3O3S2. The zero-order valence-electron chi connectivity index (χ0n) is 15.6. The number of carbonyl (C=O) groups excluding carboxylic acids is 2. The number of hydrogen-bond donors (Lipinski definition) is 2. The van der Waals surface area contributed by atoms with Crippen molar-refractivity contribution in [2.75, 3.05) is 12.4 Å². The Morgan fingerprint density at radius 2 is 1.79 bits per heavy atom. The number of thiocarbonyl (C=S) groups is 1. The molecule has 0 unspecified atom stereocenters. The van der Waals surface area contributed by atoms with Crippen molar-refractivity contribution in [1.82, 2.24) is 10.3 Å². The van der Waals surface area contributed by atoms with Crippen LogP contribution in [0.4, 0.5) is 5.13 Å². The minimum absolute atomic E-state index is 0.158. The molecule has 0 aliphatic heterocycles. The first kappa shape index (κ1) is 19.9. The van der Waals surface area contributed by atoms with Crippen LogP contribution in [0, 0.1) is 0 Å². The second kappa shape index (κ2) is 8.45. The molecule has 0 saturated heterocycles. The maximum Gasteiger partial charge on any atom is 0.337 e. The van der Waals surface area contributed by atoms with Crippen molar-refractivity contribution in [2.24, 2.45) is 0 Å². The summed E-state index contributed by atoms with van der Waals surface area (Å²) in [5.74, 6) is -0.295. The SMILES string of the molecule is COC(=O)c1ccc2nc(NC(=S)NC(=O)c3ccc(C(C)C)cc3)sc2c1. The Morgan fingerprint density at radius 1 is 1.11 bits per heavy atom. The van der Waals surface area contributed by atoms with Gasteiger partial charge in [0.1, 0.15) is 0 Å². The molecule has 144 valence electrons. The number of ether oxygens (including phenoxy) is 1. The number of nitrogens with one attached hydrogen (secondary N) is 2. The smallest absolute Gasteiger partial charge is 0.337 e. The van der Waals surface area contributed by atoms with E-state index in [4.69, 9.17) is 17.0 Å². The quantitative estimate of drug-likeness (QED) is 0.489. The number of rotatable bonds is 4. The molecule has 28 heavy (non-hydrogen) atoms. The van der Waals surface area contributed by atoms with Gasteiger partial charge in [0, 0.05) is 5.56 Å². The van der Waals surface area contributed by atoms with Gasteiger partial charge in [0.15, 0.2) is 10.2 Å². The van der Waals surface area contributed by atoms with Crippen molar-refractivity contribution >= 4 is 55.9 Å². The Morgan fingerprint density at radius 3 is 2.43 bits per heavy atom. The van der Waals surface area contributed by atoms with Gasteiger partial charge in [-0.15, -0.1) is 0 Å². The highest BCUT2D eigenvalue weighted by molar-refractivity contribution is 7.80. The van der Waals surface area contributed by atoms with Gasteiger partial charge >= 0.3 is 5.97 Å². The first-order valence-corrected chi connectivity index (χ1v) is 9.81. The Bertz CT molecular complexity index is 1040. The predicted molar refractivity (Wildman–Crippen MR) is 115 cm³/mol. The molecular weight excluding hydrogens is 394 g/mol. The van der Waals surface area contributed by atoms with Crippen molar-refractivity contribution in [3.05, 3.63) is 59.2 Å². The second-order valence-corrected chi connectivity index (χ2v) is 7.82. The van der Waals surface area contributed by atoms with Gasteiger partial charge in [-0.1, -0.05) is 37.3 Å². The minimum Gasteiger partial charge on any atom is -0.465 e. The average Bonchev–Trinajstić information content (AvgIpc) is 3.08. The summed E-state index contributed by atoms with van der Waals surface area (Å²) in [4.78, 5) is 28.4. The lowest BCUT2D eigenvalue weighted by molar-refractivity contribution is 0.0600. The van der Waals surface area contributed by atoms with Crippen LogP contribution in [0.1, 0.15) is 46.0 Å². The Balaban J connectivity index is 1.67. The molecule has 0 spiro atoms. The fourth-order valence-electron chi connectivity index (χ4n) is 2.55. The molecule has 0 aliphatic rings. The normalized spacial score (nSPS) is 10.7. The molecule has 6 nitrogen and oxygen atoms in total. The molecule has 0 aliphatic carbocycles. The average molecular weight is 414 g/mol. The zero-order chi connectivity index (χ0) is 20.3. The van der Waals surface area contributed by atoms with Gasteiger partial charge in [-0.05, 0) is 54.0 Å². The lowest BCUT2D eigenvalue weighted by atomic mass is 10.0. The van der Waals surface area contributed by atoms with Crippen molar-refractivity contribution in [3.8, 4) is 0 Å². The van der Waals surface area contributed by atoms with Gasteiger partial charge < -0.3 is 10.1 Å². The van der Waals surface area contributed by atoms with E-state index >= 15 is 0 Å². The summed E-state index contributed by atoms with van der Waals surface area (Å²) in [5, 5.41) is 6.25. The van der Waals surface area contributed by atoms with E-state index < -0.39 is 5.97 Å². The summed E-state index contributed by atoms with van der Waals surface area (Å²) in [6, 6.07) is 12.5. The number of anilines is 1. The van der Waals surface area contributed by atoms with Gasteiger partial charge in [0.2, 0.25) is 0 Å². The molecule has 3 aromatic rings. The molecule has 0 atom stereocenters. The van der Waals surface area contributed by atoms with E-state index in [0.717, 1.165) is 15.8 Å².